The first kappa shape index (κ1) is 18.2. The van der Waals surface area contributed by atoms with Gasteiger partial charge in [-0.1, -0.05) is 19.3 Å². The summed E-state index contributed by atoms with van der Waals surface area (Å²) in [5, 5.41) is 0. The van der Waals surface area contributed by atoms with Gasteiger partial charge in [0.1, 0.15) is 0 Å². The number of piperazine rings is 1. The number of morpholine rings is 1. The lowest BCUT2D eigenvalue weighted by atomic mass is 9.84. The molecule has 0 unspecified atom stereocenters. The summed E-state index contributed by atoms with van der Waals surface area (Å²) in [7, 11) is 0. The highest BCUT2D eigenvalue weighted by atomic mass is 16.5. The van der Waals surface area contributed by atoms with Crippen molar-refractivity contribution >= 4 is 11.8 Å². The molecule has 2 saturated carbocycles. The van der Waals surface area contributed by atoms with Crippen molar-refractivity contribution in [1.82, 2.24) is 14.7 Å². The summed E-state index contributed by atoms with van der Waals surface area (Å²) in [6.45, 7) is 6.03. The van der Waals surface area contributed by atoms with E-state index in [0.29, 0.717) is 30.9 Å². The van der Waals surface area contributed by atoms with Gasteiger partial charge in [-0.3, -0.25) is 14.5 Å². The minimum absolute atomic E-state index is 0.0107. The third-order valence-corrected chi connectivity index (χ3v) is 6.90. The number of nitrogens with zero attached hydrogens (tertiary/aromatic N) is 3. The Bertz CT molecular complexity index is 502. The summed E-state index contributed by atoms with van der Waals surface area (Å²) in [5.41, 5.74) is 0. The third kappa shape index (κ3) is 3.77. The number of hydrogen-bond acceptors (Lipinski definition) is 4. The summed E-state index contributed by atoms with van der Waals surface area (Å²) in [4.78, 5) is 32.3. The first-order valence-corrected chi connectivity index (χ1v) is 10.6. The molecule has 6 heteroatoms. The second kappa shape index (κ2) is 8.26. The van der Waals surface area contributed by atoms with E-state index in [9.17, 15) is 9.59 Å². The van der Waals surface area contributed by atoms with E-state index in [1.54, 1.807) is 0 Å². The molecule has 4 fully saturated rings. The zero-order chi connectivity index (χ0) is 17.9. The van der Waals surface area contributed by atoms with Crippen LogP contribution in [-0.2, 0) is 14.3 Å². The molecule has 4 rings (SSSR count). The van der Waals surface area contributed by atoms with Crippen LogP contribution in [0.3, 0.4) is 0 Å². The Morgan fingerprint density at radius 2 is 1.42 bits per heavy atom. The molecule has 0 radical (unpaired) electrons. The molecule has 4 aliphatic rings. The van der Waals surface area contributed by atoms with Crippen LogP contribution >= 0.6 is 0 Å². The van der Waals surface area contributed by atoms with E-state index in [0.717, 1.165) is 52.1 Å². The van der Waals surface area contributed by atoms with Gasteiger partial charge in [0.25, 0.3) is 0 Å². The van der Waals surface area contributed by atoms with E-state index < -0.39 is 0 Å². The molecule has 2 aliphatic heterocycles. The molecule has 2 amide bonds. The Kier molecular flexibility index (Phi) is 5.79. The number of ether oxygens (including phenoxy) is 1. The molecule has 26 heavy (non-hydrogen) atoms. The molecular formula is C20H33N3O3. The molecule has 0 spiro atoms. The van der Waals surface area contributed by atoms with E-state index >= 15 is 0 Å². The van der Waals surface area contributed by atoms with Crippen LogP contribution in [0.25, 0.3) is 0 Å². The fraction of sp³-hybridized carbons (Fsp3) is 0.900. The van der Waals surface area contributed by atoms with Crippen molar-refractivity contribution in [3.05, 3.63) is 0 Å². The smallest absolute Gasteiger partial charge is 0.240 e. The highest BCUT2D eigenvalue weighted by Crippen LogP contribution is 2.33. The first-order valence-electron chi connectivity index (χ1n) is 10.6. The quantitative estimate of drug-likeness (QED) is 0.757. The SMILES string of the molecule is O=C(C1CCC1)N1CCN([C@@H](C(=O)N2CCOCC2)C2CCCC2)CC1. The molecule has 6 nitrogen and oxygen atoms in total. The van der Waals surface area contributed by atoms with Crippen LogP contribution in [0.5, 0.6) is 0 Å². The molecular weight excluding hydrogens is 330 g/mol. The first-order chi connectivity index (χ1) is 12.7. The maximum Gasteiger partial charge on any atom is 0.240 e. The molecule has 0 aromatic heterocycles. The summed E-state index contributed by atoms with van der Waals surface area (Å²) < 4.78 is 5.43. The minimum Gasteiger partial charge on any atom is -0.378 e. The molecule has 0 aromatic rings. The van der Waals surface area contributed by atoms with Gasteiger partial charge in [-0.25, -0.2) is 0 Å². The molecule has 2 aliphatic carbocycles. The predicted octanol–water partition coefficient (Wildman–Crippen LogP) is 1.35. The molecule has 2 heterocycles. The van der Waals surface area contributed by atoms with Gasteiger partial charge in [0.15, 0.2) is 0 Å². The molecule has 0 N–H and O–H groups in total. The van der Waals surface area contributed by atoms with Crippen molar-refractivity contribution in [3.8, 4) is 0 Å². The molecule has 0 bridgehead atoms. The average Bonchev–Trinajstić information content (AvgIpc) is 3.16. The fourth-order valence-corrected chi connectivity index (χ4v) is 5.03. The largest absolute Gasteiger partial charge is 0.378 e. The Morgan fingerprint density at radius 3 is 2.00 bits per heavy atom. The number of carbonyl (C=O) groups excluding carboxylic acids is 2. The molecule has 146 valence electrons. The van der Waals surface area contributed by atoms with Crippen molar-refractivity contribution in [2.45, 2.75) is 51.0 Å². The van der Waals surface area contributed by atoms with Crippen molar-refractivity contribution < 1.29 is 14.3 Å². The van der Waals surface area contributed by atoms with Crippen LogP contribution in [-0.4, -0.2) is 85.0 Å². The Hall–Kier alpha value is -1.14. The van der Waals surface area contributed by atoms with E-state index in [1.165, 1.54) is 32.1 Å². The maximum atomic E-state index is 13.3. The number of carbonyl (C=O) groups is 2. The van der Waals surface area contributed by atoms with Crippen LogP contribution in [0.2, 0.25) is 0 Å². The topological polar surface area (TPSA) is 53.1 Å². The lowest BCUT2D eigenvalue weighted by Gasteiger charge is -2.44. The Morgan fingerprint density at radius 1 is 0.769 bits per heavy atom. The average molecular weight is 364 g/mol. The number of hydrogen-bond donors (Lipinski definition) is 0. The van der Waals surface area contributed by atoms with Gasteiger partial charge >= 0.3 is 0 Å². The van der Waals surface area contributed by atoms with Crippen molar-refractivity contribution in [1.29, 1.82) is 0 Å². The Balaban J connectivity index is 1.39. The maximum absolute atomic E-state index is 13.3. The monoisotopic (exact) mass is 363 g/mol. The molecule has 0 aromatic carbocycles. The Labute approximate surface area is 156 Å². The van der Waals surface area contributed by atoms with E-state index in [4.69, 9.17) is 4.74 Å². The van der Waals surface area contributed by atoms with Crippen LogP contribution in [0, 0.1) is 11.8 Å². The van der Waals surface area contributed by atoms with Crippen LogP contribution < -0.4 is 0 Å². The summed E-state index contributed by atoms with van der Waals surface area (Å²) in [6.07, 6.45) is 8.17. The number of rotatable bonds is 4. The van der Waals surface area contributed by atoms with E-state index in [-0.39, 0.29) is 12.0 Å². The lowest BCUT2D eigenvalue weighted by Crippen LogP contribution is -2.60. The highest BCUT2D eigenvalue weighted by Gasteiger charge is 2.40. The lowest BCUT2D eigenvalue weighted by molar-refractivity contribution is -0.146. The van der Waals surface area contributed by atoms with Crippen LogP contribution in [0.1, 0.15) is 44.9 Å². The number of amides is 2. The van der Waals surface area contributed by atoms with Crippen LogP contribution in [0.15, 0.2) is 0 Å². The third-order valence-electron chi connectivity index (χ3n) is 6.90. The highest BCUT2D eigenvalue weighted by molar-refractivity contribution is 5.83. The summed E-state index contributed by atoms with van der Waals surface area (Å²) in [6, 6.07) is 0.0107. The standard InChI is InChI=1S/C20H33N3O3/c24-19(17-6-3-7-17)22-10-8-21(9-11-22)18(16-4-1-2-5-16)20(25)23-12-14-26-15-13-23/h16-18H,1-15H2/t18-/m1/s1. The zero-order valence-corrected chi connectivity index (χ0v) is 15.9. The van der Waals surface area contributed by atoms with Crippen molar-refractivity contribution in [2.24, 2.45) is 11.8 Å². The zero-order valence-electron chi connectivity index (χ0n) is 15.9. The van der Waals surface area contributed by atoms with Crippen LogP contribution in [0.4, 0.5) is 0 Å². The van der Waals surface area contributed by atoms with E-state index in [1.807, 2.05) is 9.80 Å². The summed E-state index contributed by atoms with van der Waals surface area (Å²) >= 11 is 0. The summed E-state index contributed by atoms with van der Waals surface area (Å²) in [5.74, 6) is 1.42. The van der Waals surface area contributed by atoms with Crippen molar-refractivity contribution in [3.63, 3.8) is 0 Å². The second-order valence-electron chi connectivity index (χ2n) is 8.42. The van der Waals surface area contributed by atoms with Gasteiger partial charge < -0.3 is 14.5 Å². The van der Waals surface area contributed by atoms with E-state index in [2.05, 4.69) is 4.90 Å². The van der Waals surface area contributed by atoms with Crippen molar-refractivity contribution in [2.75, 3.05) is 52.5 Å². The van der Waals surface area contributed by atoms with Gasteiger partial charge in [0, 0.05) is 45.2 Å². The minimum atomic E-state index is 0.0107. The molecule has 2 saturated heterocycles. The fourth-order valence-electron chi connectivity index (χ4n) is 5.03. The predicted molar refractivity (Wildman–Crippen MR) is 98.6 cm³/mol. The molecule has 1 atom stereocenters. The van der Waals surface area contributed by atoms with Gasteiger partial charge in [-0.2, -0.15) is 0 Å². The van der Waals surface area contributed by atoms with Gasteiger partial charge in [0.2, 0.25) is 11.8 Å². The van der Waals surface area contributed by atoms with Gasteiger partial charge in [-0.05, 0) is 31.6 Å². The van der Waals surface area contributed by atoms with Gasteiger partial charge in [-0.15, -0.1) is 0 Å². The second-order valence-corrected chi connectivity index (χ2v) is 8.42. The normalized spacial score (nSPS) is 27.4. The van der Waals surface area contributed by atoms with Gasteiger partial charge in [0.05, 0.1) is 19.3 Å².